The molecule has 2 unspecified atom stereocenters. The highest BCUT2D eigenvalue weighted by atomic mass is 16.3. The van der Waals surface area contributed by atoms with Crippen LogP contribution in [0.15, 0.2) is 42.7 Å². The maximum Gasteiger partial charge on any atom is 0.137 e. The first-order valence-electron chi connectivity index (χ1n) is 11.1. The summed E-state index contributed by atoms with van der Waals surface area (Å²) in [4.78, 5) is 11.7. The third-order valence-electron chi connectivity index (χ3n) is 6.88. The summed E-state index contributed by atoms with van der Waals surface area (Å²) in [5.74, 6) is 0.410. The molecule has 6 heteroatoms. The van der Waals surface area contributed by atoms with Crippen LogP contribution in [0.3, 0.4) is 0 Å². The van der Waals surface area contributed by atoms with E-state index in [9.17, 15) is 5.11 Å². The molecule has 3 aromatic heterocycles. The van der Waals surface area contributed by atoms with Gasteiger partial charge in [0.05, 0.1) is 23.5 Å². The molecule has 0 saturated carbocycles. The molecule has 0 aliphatic carbocycles. The minimum atomic E-state index is -0.322. The summed E-state index contributed by atoms with van der Waals surface area (Å²) in [6.07, 6.45) is 8.99. The molecule has 30 heavy (non-hydrogen) atoms. The standard InChI is InChI=1S/C24H31N5O/c1-16-6-5-13-25-24(16)19-8-3-7-18(26-19)20-15-29-21(9-4-10-22(29)27-20)17-11-12-23(30)28(2)14-17/h4-6,9-10,13,15,17-19,23,26,30H,3,7-8,11-12,14H2,1-2H3/t17?,18-,19+,23?/m1/s1. The van der Waals surface area contributed by atoms with Crippen molar-refractivity contribution < 1.29 is 5.11 Å². The van der Waals surface area contributed by atoms with Gasteiger partial charge in [-0.05, 0) is 69.8 Å². The fourth-order valence-corrected chi connectivity index (χ4v) is 5.17. The number of pyridine rings is 2. The van der Waals surface area contributed by atoms with Gasteiger partial charge in [0.2, 0.25) is 0 Å². The topological polar surface area (TPSA) is 65.7 Å². The number of aromatic nitrogens is 3. The highest BCUT2D eigenvalue weighted by molar-refractivity contribution is 5.43. The first kappa shape index (κ1) is 19.7. The lowest BCUT2D eigenvalue weighted by Crippen LogP contribution is -2.39. The van der Waals surface area contributed by atoms with Gasteiger partial charge < -0.3 is 14.8 Å². The van der Waals surface area contributed by atoms with E-state index in [1.54, 1.807) is 0 Å². The zero-order valence-corrected chi connectivity index (χ0v) is 17.8. The third-order valence-corrected chi connectivity index (χ3v) is 6.88. The van der Waals surface area contributed by atoms with E-state index in [1.165, 1.54) is 17.7 Å². The molecule has 0 amide bonds. The molecule has 2 fully saturated rings. The Bertz CT molecular complexity index is 1030. The number of rotatable bonds is 3. The maximum atomic E-state index is 10.1. The van der Waals surface area contributed by atoms with E-state index < -0.39 is 0 Å². The van der Waals surface area contributed by atoms with Gasteiger partial charge in [0.15, 0.2) is 0 Å². The van der Waals surface area contributed by atoms with Crippen LogP contribution in [0, 0.1) is 6.92 Å². The van der Waals surface area contributed by atoms with E-state index in [1.807, 2.05) is 24.2 Å². The van der Waals surface area contributed by atoms with E-state index in [0.29, 0.717) is 5.92 Å². The Morgan fingerprint density at radius 1 is 1.07 bits per heavy atom. The highest BCUT2D eigenvalue weighted by Crippen LogP contribution is 2.34. The number of hydrogen-bond donors (Lipinski definition) is 2. The number of likely N-dealkylation sites (N-methyl/N-ethyl adjacent to an activating group) is 1. The second kappa shape index (κ2) is 8.10. The van der Waals surface area contributed by atoms with E-state index >= 15 is 0 Å². The fourth-order valence-electron chi connectivity index (χ4n) is 5.17. The molecule has 2 aliphatic heterocycles. The molecule has 3 aromatic rings. The molecular weight excluding hydrogens is 374 g/mol. The smallest absolute Gasteiger partial charge is 0.137 e. The summed E-state index contributed by atoms with van der Waals surface area (Å²) < 4.78 is 2.27. The van der Waals surface area contributed by atoms with E-state index in [2.05, 4.69) is 52.1 Å². The van der Waals surface area contributed by atoms with Gasteiger partial charge in [-0.3, -0.25) is 9.88 Å². The van der Waals surface area contributed by atoms with E-state index in [0.717, 1.165) is 49.3 Å². The number of aliphatic hydroxyl groups is 1. The van der Waals surface area contributed by atoms with Crippen LogP contribution >= 0.6 is 0 Å². The normalized spacial score (nSPS) is 28.1. The van der Waals surface area contributed by atoms with Gasteiger partial charge in [-0.2, -0.15) is 0 Å². The van der Waals surface area contributed by atoms with Crippen LogP contribution in [0.4, 0.5) is 0 Å². The van der Waals surface area contributed by atoms with Crippen LogP contribution in [0.1, 0.15) is 72.8 Å². The lowest BCUT2D eigenvalue weighted by atomic mass is 9.93. The van der Waals surface area contributed by atoms with Crippen molar-refractivity contribution >= 4 is 5.65 Å². The van der Waals surface area contributed by atoms with Crippen molar-refractivity contribution in [1.82, 2.24) is 24.6 Å². The fraction of sp³-hybridized carbons (Fsp3) is 0.500. The summed E-state index contributed by atoms with van der Waals surface area (Å²) in [5.41, 5.74) is 5.82. The van der Waals surface area contributed by atoms with Crippen LogP contribution in [-0.2, 0) is 0 Å². The summed E-state index contributed by atoms with van der Waals surface area (Å²) in [6, 6.07) is 11.1. The van der Waals surface area contributed by atoms with Gasteiger partial charge in [-0.1, -0.05) is 12.1 Å². The molecule has 6 nitrogen and oxygen atoms in total. The molecular formula is C24H31N5O. The second-order valence-electron chi connectivity index (χ2n) is 8.95. The molecule has 0 bridgehead atoms. The van der Waals surface area contributed by atoms with Gasteiger partial charge in [0, 0.05) is 30.6 Å². The Balaban J connectivity index is 1.42. The highest BCUT2D eigenvalue weighted by Gasteiger charge is 2.29. The van der Waals surface area contributed by atoms with Gasteiger partial charge in [0.1, 0.15) is 11.9 Å². The number of likely N-dealkylation sites (tertiary alicyclic amines) is 1. The zero-order valence-electron chi connectivity index (χ0n) is 17.8. The van der Waals surface area contributed by atoms with Crippen molar-refractivity contribution in [3.63, 3.8) is 0 Å². The van der Waals surface area contributed by atoms with Crippen molar-refractivity contribution in [3.8, 4) is 0 Å². The Kier molecular flexibility index (Phi) is 5.31. The summed E-state index contributed by atoms with van der Waals surface area (Å²) in [7, 11) is 2.00. The Morgan fingerprint density at radius 2 is 1.93 bits per heavy atom. The lowest BCUT2D eigenvalue weighted by molar-refractivity contribution is -0.0134. The minimum absolute atomic E-state index is 0.244. The van der Waals surface area contributed by atoms with Crippen molar-refractivity contribution in [1.29, 1.82) is 0 Å². The molecule has 0 aromatic carbocycles. The predicted octanol–water partition coefficient (Wildman–Crippen LogP) is 3.72. The van der Waals surface area contributed by atoms with Crippen molar-refractivity contribution in [3.05, 3.63) is 65.4 Å². The zero-order chi connectivity index (χ0) is 20.7. The van der Waals surface area contributed by atoms with Crippen molar-refractivity contribution in [2.75, 3.05) is 13.6 Å². The van der Waals surface area contributed by atoms with Gasteiger partial charge in [-0.25, -0.2) is 4.98 Å². The summed E-state index contributed by atoms with van der Waals surface area (Å²) >= 11 is 0. The van der Waals surface area contributed by atoms with Crippen LogP contribution in [-0.4, -0.2) is 44.2 Å². The molecule has 2 N–H and O–H groups in total. The lowest BCUT2D eigenvalue weighted by Gasteiger charge is -2.34. The number of nitrogens with one attached hydrogen (secondary N) is 1. The number of aliphatic hydroxyl groups excluding tert-OH is 1. The van der Waals surface area contributed by atoms with Gasteiger partial charge in [-0.15, -0.1) is 0 Å². The summed E-state index contributed by atoms with van der Waals surface area (Å²) in [5, 5.41) is 13.9. The SMILES string of the molecule is Cc1cccnc1[C@@H]1CCC[C@H](c2cn3c(C4CCC(O)N(C)C4)cccc3n2)N1. The second-order valence-corrected chi connectivity index (χ2v) is 8.95. The molecule has 158 valence electrons. The quantitative estimate of drug-likeness (QED) is 0.695. The molecule has 0 radical (unpaired) electrons. The number of aryl methyl sites for hydroxylation is 1. The molecule has 0 spiro atoms. The summed E-state index contributed by atoms with van der Waals surface area (Å²) in [6.45, 7) is 3.01. The van der Waals surface area contributed by atoms with Crippen molar-refractivity contribution in [2.45, 2.75) is 63.3 Å². The van der Waals surface area contributed by atoms with Crippen LogP contribution in [0.25, 0.3) is 5.65 Å². The molecule has 5 rings (SSSR count). The monoisotopic (exact) mass is 405 g/mol. The number of imidazole rings is 1. The minimum Gasteiger partial charge on any atom is -0.378 e. The molecule has 4 atom stereocenters. The predicted molar refractivity (Wildman–Crippen MR) is 117 cm³/mol. The van der Waals surface area contributed by atoms with E-state index in [4.69, 9.17) is 4.98 Å². The largest absolute Gasteiger partial charge is 0.378 e. The van der Waals surface area contributed by atoms with Crippen LogP contribution < -0.4 is 5.32 Å². The number of piperidine rings is 2. The van der Waals surface area contributed by atoms with Crippen LogP contribution in [0.2, 0.25) is 0 Å². The number of nitrogens with zero attached hydrogens (tertiary/aromatic N) is 4. The average molecular weight is 406 g/mol. The van der Waals surface area contributed by atoms with Crippen molar-refractivity contribution in [2.24, 2.45) is 0 Å². The molecule has 2 aliphatic rings. The van der Waals surface area contributed by atoms with Gasteiger partial charge >= 0.3 is 0 Å². The van der Waals surface area contributed by atoms with E-state index in [-0.39, 0.29) is 18.3 Å². The van der Waals surface area contributed by atoms with Gasteiger partial charge in [0.25, 0.3) is 0 Å². The maximum absolute atomic E-state index is 10.1. The first-order chi connectivity index (χ1) is 14.6. The number of hydrogen-bond acceptors (Lipinski definition) is 5. The Labute approximate surface area is 178 Å². The third kappa shape index (κ3) is 3.64. The first-order valence-corrected chi connectivity index (χ1v) is 11.1. The van der Waals surface area contributed by atoms with Crippen LogP contribution in [0.5, 0.6) is 0 Å². The number of fused-ring (bicyclic) bond motifs is 1. The average Bonchev–Trinajstić information content (AvgIpc) is 3.21. The Hall–Kier alpha value is -2.28. The Morgan fingerprint density at radius 3 is 2.77 bits per heavy atom. The molecule has 5 heterocycles. The molecule has 2 saturated heterocycles.